The van der Waals surface area contributed by atoms with E-state index < -0.39 is 23.2 Å². The molecule has 0 aromatic carbocycles. The van der Waals surface area contributed by atoms with E-state index in [-0.39, 0.29) is 6.61 Å². The Kier molecular flexibility index (Phi) is 4.02. The van der Waals surface area contributed by atoms with Gasteiger partial charge in [-0.25, -0.2) is 4.79 Å². The molecule has 0 fully saturated rings. The average Bonchev–Trinajstić information content (AvgIpc) is 2.05. The SMILES string of the molecule is CCOC(=O)/C(O)=C(\C#N)C(N)=O. The standard InChI is InChI=1S/C7H8N2O4/c1-2-13-7(12)5(10)4(3-8)6(9)11/h10H,2H2,1H3,(H2,9,11)/b5-4-. The first-order valence-corrected chi connectivity index (χ1v) is 3.34. The molecule has 0 spiro atoms. The number of carbonyl (C=O) groups excluding carboxylic acids is 2. The summed E-state index contributed by atoms with van der Waals surface area (Å²) in [5.74, 6) is -3.37. The van der Waals surface area contributed by atoms with Gasteiger partial charge in [-0.15, -0.1) is 0 Å². The molecule has 0 rings (SSSR count). The summed E-state index contributed by atoms with van der Waals surface area (Å²) in [6, 6.07) is 1.29. The lowest BCUT2D eigenvalue weighted by molar-refractivity contribution is -0.141. The highest BCUT2D eigenvalue weighted by Crippen LogP contribution is 2.01. The summed E-state index contributed by atoms with van der Waals surface area (Å²) < 4.78 is 4.33. The summed E-state index contributed by atoms with van der Waals surface area (Å²) in [6.07, 6.45) is 0. The normalized spacial score (nSPS) is 11.1. The number of nitriles is 1. The molecular weight excluding hydrogens is 176 g/mol. The summed E-state index contributed by atoms with van der Waals surface area (Å²) in [5.41, 5.74) is 3.89. The van der Waals surface area contributed by atoms with Crippen LogP contribution in [0.5, 0.6) is 0 Å². The number of rotatable bonds is 3. The smallest absolute Gasteiger partial charge is 0.375 e. The maximum Gasteiger partial charge on any atom is 0.375 e. The van der Waals surface area contributed by atoms with Crippen molar-refractivity contribution in [3.05, 3.63) is 11.3 Å². The second-order valence-electron chi connectivity index (χ2n) is 1.92. The van der Waals surface area contributed by atoms with Crippen LogP contribution in [-0.4, -0.2) is 23.6 Å². The molecule has 0 aliphatic rings. The third kappa shape index (κ3) is 2.83. The minimum Gasteiger partial charge on any atom is -0.501 e. The van der Waals surface area contributed by atoms with Crippen molar-refractivity contribution >= 4 is 11.9 Å². The number of ether oxygens (including phenoxy) is 1. The molecule has 6 nitrogen and oxygen atoms in total. The predicted octanol–water partition coefficient (Wildman–Crippen LogP) is -0.630. The molecule has 0 aliphatic carbocycles. The van der Waals surface area contributed by atoms with Crippen molar-refractivity contribution in [2.45, 2.75) is 6.92 Å². The molecule has 0 aromatic heterocycles. The number of esters is 1. The molecule has 0 saturated heterocycles. The van der Waals surface area contributed by atoms with E-state index in [9.17, 15) is 9.59 Å². The van der Waals surface area contributed by atoms with Crippen LogP contribution in [0.4, 0.5) is 0 Å². The summed E-state index contributed by atoms with van der Waals surface area (Å²) in [4.78, 5) is 21.2. The van der Waals surface area contributed by atoms with Gasteiger partial charge in [-0.3, -0.25) is 4.79 Å². The van der Waals surface area contributed by atoms with Crippen LogP contribution < -0.4 is 5.73 Å². The van der Waals surface area contributed by atoms with Crippen LogP contribution >= 0.6 is 0 Å². The molecule has 6 heteroatoms. The van der Waals surface area contributed by atoms with Crippen LogP contribution in [-0.2, 0) is 14.3 Å². The number of aliphatic hydroxyl groups excluding tert-OH is 1. The number of nitrogens with zero attached hydrogens (tertiary/aromatic N) is 1. The molecule has 13 heavy (non-hydrogen) atoms. The minimum atomic E-state index is -1.17. The van der Waals surface area contributed by atoms with Gasteiger partial charge in [0.25, 0.3) is 5.91 Å². The van der Waals surface area contributed by atoms with Crippen molar-refractivity contribution in [1.29, 1.82) is 5.26 Å². The fraction of sp³-hybridized carbons (Fsp3) is 0.286. The zero-order valence-electron chi connectivity index (χ0n) is 6.90. The number of carbonyl (C=O) groups is 2. The van der Waals surface area contributed by atoms with E-state index in [2.05, 4.69) is 4.74 Å². The van der Waals surface area contributed by atoms with Crippen LogP contribution in [0.2, 0.25) is 0 Å². The van der Waals surface area contributed by atoms with Gasteiger partial charge in [-0.1, -0.05) is 0 Å². The molecule has 0 aromatic rings. The first-order valence-electron chi connectivity index (χ1n) is 3.34. The summed E-state index contributed by atoms with van der Waals surface area (Å²) in [5, 5.41) is 17.3. The molecule has 0 unspecified atom stereocenters. The van der Waals surface area contributed by atoms with Gasteiger partial charge < -0.3 is 15.6 Å². The maximum absolute atomic E-state index is 10.8. The number of primary amides is 1. The fourth-order valence-electron chi connectivity index (χ4n) is 0.526. The number of amides is 1. The van der Waals surface area contributed by atoms with Crippen LogP contribution in [0.25, 0.3) is 0 Å². The number of hydrogen-bond donors (Lipinski definition) is 2. The van der Waals surface area contributed by atoms with Gasteiger partial charge in [-0.05, 0) is 6.92 Å². The van der Waals surface area contributed by atoms with Crippen LogP contribution in [0.3, 0.4) is 0 Å². The zero-order chi connectivity index (χ0) is 10.4. The molecule has 0 heterocycles. The van der Waals surface area contributed by atoms with E-state index in [1.807, 2.05) is 0 Å². The Morgan fingerprint density at radius 2 is 2.15 bits per heavy atom. The Morgan fingerprint density at radius 3 is 2.46 bits per heavy atom. The van der Waals surface area contributed by atoms with Crippen molar-refractivity contribution in [2.24, 2.45) is 5.73 Å². The topological polar surface area (TPSA) is 113 Å². The van der Waals surface area contributed by atoms with Gasteiger partial charge in [0.05, 0.1) is 6.61 Å². The highest BCUT2D eigenvalue weighted by Gasteiger charge is 2.19. The molecule has 3 N–H and O–H groups in total. The summed E-state index contributed by atoms with van der Waals surface area (Å²) in [6.45, 7) is 1.54. The van der Waals surface area contributed by atoms with Crippen molar-refractivity contribution in [3.63, 3.8) is 0 Å². The molecule has 1 amide bonds. The third-order valence-corrected chi connectivity index (χ3v) is 1.06. The lowest BCUT2D eigenvalue weighted by Crippen LogP contribution is -2.19. The Hall–Kier alpha value is -2.03. The first kappa shape index (κ1) is 11.0. The lowest BCUT2D eigenvalue weighted by Gasteiger charge is -2.00. The van der Waals surface area contributed by atoms with E-state index in [4.69, 9.17) is 16.1 Å². The number of aliphatic hydroxyl groups is 1. The fourth-order valence-corrected chi connectivity index (χ4v) is 0.526. The van der Waals surface area contributed by atoms with Gasteiger partial charge in [0, 0.05) is 0 Å². The molecule has 70 valence electrons. The monoisotopic (exact) mass is 184 g/mol. The molecule has 0 atom stereocenters. The van der Waals surface area contributed by atoms with Gasteiger partial charge in [0.1, 0.15) is 6.07 Å². The van der Waals surface area contributed by atoms with Crippen molar-refractivity contribution in [1.82, 2.24) is 0 Å². The van der Waals surface area contributed by atoms with Gasteiger partial charge in [0.15, 0.2) is 5.57 Å². The van der Waals surface area contributed by atoms with Gasteiger partial charge in [0.2, 0.25) is 5.76 Å². The molecule has 0 bridgehead atoms. The van der Waals surface area contributed by atoms with Crippen LogP contribution in [0.15, 0.2) is 11.3 Å². The molecule has 0 saturated carbocycles. The maximum atomic E-state index is 10.8. The van der Waals surface area contributed by atoms with Crippen LogP contribution in [0, 0.1) is 11.3 Å². The predicted molar refractivity (Wildman–Crippen MR) is 41.1 cm³/mol. The molecule has 0 radical (unpaired) electrons. The Balaban J connectivity index is 4.89. The van der Waals surface area contributed by atoms with Crippen molar-refractivity contribution in [3.8, 4) is 6.07 Å². The quantitative estimate of drug-likeness (QED) is 0.262. The first-order chi connectivity index (χ1) is 6.04. The van der Waals surface area contributed by atoms with Gasteiger partial charge in [-0.2, -0.15) is 5.26 Å². The Morgan fingerprint density at radius 1 is 1.62 bits per heavy atom. The van der Waals surface area contributed by atoms with E-state index in [1.165, 1.54) is 13.0 Å². The second-order valence-corrected chi connectivity index (χ2v) is 1.92. The van der Waals surface area contributed by atoms with E-state index in [0.717, 1.165) is 0 Å². The molecule has 0 aliphatic heterocycles. The average molecular weight is 184 g/mol. The summed E-state index contributed by atoms with van der Waals surface area (Å²) >= 11 is 0. The lowest BCUT2D eigenvalue weighted by atomic mass is 10.2. The largest absolute Gasteiger partial charge is 0.501 e. The Bertz CT molecular complexity index is 300. The highest BCUT2D eigenvalue weighted by molar-refractivity contribution is 6.03. The number of hydrogen-bond acceptors (Lipinski definition) is 5. The van der Waals surface area contributed by atoms with E-state index in [0.29, 0.717) is 0 Å². The van der Waals surface area contributed by atoms with E-state index >= 15 is 0 Å². The second kappa shape index (κ2) is 4.77. The minimum absolute atomic E-state index is 0.0281. The van der Waals surface area contributed by atoms with Crippen molar-refractivity contribution < 1.29 is 19.4 Å². The van der Waals surface area contributed by atoms with Crippen LogP contribution in [0.1, 0.15) is 6.92 Å². The summed E-state index contributed by atoms with van der Waals surface area (Å²) in [7, 11) is 0. The highest BCUT2D eigenvalue weighted by atomic mass is 16.5. The zero-order valence-corrected chi connectivity index (χ0v) is 6.90. The van der Waals surface area contributed by atoms with Crippen molar-refractivity contribution in [2.75, 3.05) is 6.61 Å². The Labute approximate surface area is 74.2 Å². The third-order valence-electron chi connectivity index (χ3n) is 1.06. The molecular formula is C7H8N2O4. The number of nitrogens with two attached hydrogens (primary N) is 1. The van der Waals surface area contributed by atoms with Gasteiger partial charge >= 0.3 is 5.97 Å². The van der Waals surface area contributed by atoms with E-state index in [1.54, 1.807) is 0 Å².